The van der Waals surface area contributed by atoms with Gasteiger partial charge in [0, 0.05) is 13.6 Å². The summed E-state index contributed by atoms with van der Waals surface area (Å²) in [7, 11) is 3.44. The standard InChI is InChI=1S/C12H22N4OS/c1-13-11-10(17-2)12(16-9-15-11)14-7-5-4-6-8-18-3/h9H,4-8H2,1-3H3,(H2,13,14,15,16). The quantitative estimate of drug-likeness (QED) is 0.672. The predicted octanol–water partition coefficient (Wildman–Crippen LogP) is 2.47. The Morgan fingerprint density at radius 1 is 1.22 bits per heavy atom. The summed E-state index contributed by atoms with van der Waals surface area (Å²) in [6.45, 7) is 0.908. The lowest BCUT2D eigenvalue weighted by molar-refractivity contribution is 0.415. The SMILES string of the molecule is CNc1ncnc(NCCCCCSC)c1OC. The first kappa shape index (κ1) is 14.9. The van der Waals surface area contributed by atoms with E-state index in [4.69, 9.17) is 4.74 Å². The molecule has 0 saturated carbocycles. The van der Waals surface area contributed by atoms with Gasteiger partial charge in [-0.2, -0.15) is 11.8 Å². The molecule has 0 aliphatic rings. The van der Waals surface area contributed by atoms with Crippen molar-refractivity contribution in [1.29, 1.82) is 0 Å². The predicted molar refractivity (Wildman–Crippen MR) is 78.9 cm³/mol. The molecule has 0 aliphatic heterocycles. The number of anilines is 2. The van der Waals surface area contributed by atoms with Crippen LogP contribution in [0, 0.1) is 0 Å². The third-order valence-corrected chi connectivity index (χ3v) is 3.26. The number of thioether (sulfide) groups is 1. The fourth-order valence-electron chi connectivity index (χ4n) is 1.63. The normalized spacial score (nSPS) is 10.2. The molecular formula is C12H22N4OS. The number of nitrogens with one attached hydrogen (secondary N) is 2. The summed E-state index contributed by atoms with van der Waals surface area (Å²) < 4.78 is 5.31. The maximum atomic E-state index is 5.31. The van der Waals surface area contributed by atoms with Crippen molar-refractivity contribution in [2.75, 3.05) is 43.3 Å². The number of aromatic nitrogens is 2. The summed E-state index contributed by atoms with van der Waals surface area (Å²) in [6.07, 6.45) is 7.32. The van der Waals surface area contributed by atoms with Gasteiger partial charge in [0.15, 0.2) is 11.6 Å². The Morgan fingerprint density at radius 3 is 2.67 bits per heavy atom. The highest BCUT2D eigenvalue weighted by Crippen LogP contribution is 2.28. The molecule has 102 valence electrons. The number of unbranched alkanes of at least 4 members (excludes halogenated alkanes) is 2. The third-order valence-electron chi connectivity index (χ3n) is 2.56. The maximum Gasteiger partial charge on any atom is 0.204 e. The van der Waals surface area contributed by atoms with Gasteiger partial charge >= 0.3 is 0 Å². The largest absolute Gasteiger partial charge is 0.490 e. The highest BCUT2D eigenvalue weighted by atomic mass is 32.2. The van der Waals surface area contributed by atoms with Crippen molar-refractivity contribution in [2.24, 2.45) is 0 Å². The summed E-state index contributed by atoms with van der Waals surface area (Å²) in [6, 6.07) is 0. The Bertz CT molecular complexity index is 349. The summed E-state index contributed by atoms with van der Waals surface area (Å²) in [5.74, 6) is 3.36. The Morgan fingerprint density at radius 2 is 2.00 bits per heavy atom. The van der Waals surface area contributed by atoms with Crippen LogP contribution in [0.3, 0.4) is 0 Å². The first-order chi connectivity index (χ1) is 8.83. The molecule has 1 aromatic heterocycles. The number of rotatable bonds is 9. The minimum atomic E-state index is 0.670. The van der Waals surface area contributed by atoms with E-state index in [0.717, 1.165) is 18.8 Å². The fourth-order valence-corrected chi connectivity index (χ4v) is 2.12. The van der Waals surface area contributed by atoms with E-state index in [1.807, 2.05) is 18.8 Å². The Kier molecular flexibility index (Phi) is 7.32. The summed E-state index contributed by atoms with van der Waals surface area (Å²) >= 11 is 1.90. The van der Waals surface area contributed by atoms with Gasteiger partial charge in [0.1, 0.15) is 6.33 Å². The van der Waals surface area contributed by atoms with Gasteiger partial charge in [-0.15, -0.1) is 0 Å². The molecule has 6 heteroatoms. The minimum absolute atomic E-state index is 0.670. The number of hydrogen-bond acceptors (Lipinski definition) is 6. The van der Waals surface area contributed by atoms with Gasteiger partial charge in [0.25, 0.3) is 0 Å². The molecule has 0 radical (unpaired) electrons. The van der Waals surface area contributed by atoms with Crippen molar-refractivity contribution in [1.82, 2.24) is 9.97 Å². The van der Waals surface area contributed by atoms with Gasteiger partial charge < -0.3 is 15.4 Å². The molecule has 1 aromatic rings. The second-order valence-corrected chi connectivity index (χ2v) is 4.82. The molecule has 0 aliphatic carbocycles. The van der Waals surface area contributed by atoms with Crippen molar-refractivity contribution in [3.8, 4) is 5.75 Å². The van der Waals surface area contributed by atoms with Crippen LogP contribution in [0.15, 0.2) is 6.33 Å². The average Bonchev–Trinajstić information content (AvgIpc) is 2.42. The van der Waals surface area contributed by atoms with Gasteiger partial charge in [-0.1, -0.05) is 6.42 Å². The van der Waals surface area contributed by atoms with Gasteiger partial charge in [-0.25, -0.2) is 9.97 Å². The first-order valence-corrected chi connectivity index (χ1v) is 7.52. The van der Waals surface area contributed by atoms with Gasteiger partial charge in [0.2, 0.25) is 5.75 Å². The fraction of sp³-hybridized carbons (Fsp3) is 0.667. The van der Waals surface area contributed by atoms with E-state index in [1.165, 1.54) is 24.9 Å². The van der Waals surface area contributed by atoms with Crippen molar-refractivity contribution >= 4 is 23.4 Å². The average molecular weight is 270 g/mol. The molecule has 0 bridgehead atoms. The topological polar surface area (TPSA) is 59.1 Å². The molecule has 0 fully saturated rings. The number of ether oxygens (including phenoxy) is 1. The van der Waals surface area contributed by atoms with E-state index in [2.05, 4.69) is 26.9 Å². The van der Waals surface area contributed by atoms with Crippen molar-refractivity contribution in [3.63, 3.8) is 0 Å². The van der Waals surface area contributed by atoms with Crippen LogP contribution in [0.2, 0.25) is 0 Å². The van der Waals surface area contributed by atoms with Gasteiger partial charge in [0.05, 0.1) is 7.11 Å². The molecular weight excluding hydrogens is 248 g/mol. The zero-order valence-electron chi connectivity index (χ0n) is 11.3. The van der Waals surface area contributed by atoms with Crippen LogP contribution in [-0.4, -0.2) is 42.7 Å². The maximum absolute atomic E-state index is 5.31. The van der Waals surface area contributed by atoms with E-state index < -0.39 is 0 Å². The number of hydrogen-bond donors (Lipinski definition) is 2. The third kappa shape index (κ3) is 4.60. The molecule has 0 aromatic carbocycles. The molecule has 0 amide bonds. The van der Waals surface area contributed by atoms with E-state index in [9.17, 15) is 0 Å². The summed E-state index contributed by atoms with van der Waals surface area (Å²) in [5.41, 5.74) is 0. The Hall–Kier alpha value is -1.17. The Balaban J connectivity index is 2.41. The van der Waals surface area contributed by atoms with Crippen LogP contribution in [0.25, 0.3) is 0 Å². The molecule has 1 rings (SSSR count). The minimum Gasteiger partial charge on any atom is -0.490 e. The van der Waals surface area contributed by atoms with Gasteiger partial charge in [-0.3, -0.25) is 0 Å². The molecule has 0 spiro atoms. The zero-order chi connectivity index (χ0) is 13.2. The lowest BCUT2D eigenvalue weighted by Crippen LogP contribution is -2.07. The second-order valence-electron chi connectivity index (χ2n) is 3.83. The van der Waals surface area contributed by atoms with Crippen LogP contribution in [-0.2, 0) is 0 Å². The molecule has 0 atom stereocenters. The highest BCUT2D eigenvalue weighted by molar-refractivity contribution is 7.98. The van der Waals surface area contributed by atoms with E-state index in [-0.39, 0.29) is 0 Å². The lowest BCUT2D eigenvalue weighted by Gasteiger charge is -2.12. The number of nitrogens with zero attached hydrogens (tertiary/aromatic N) is 2. The molecule has 18 heavy (non-hydrogen) atoms. The number of methoxy groups -OCH3 is 1. The highest BCUT2D eigenvalue weighted by Gasteiger charge is 2.09. The zero-order valence-corrected chi connectivity index (χ0v) is 12.1. The summed E-state index contributed by atoms with van der Waals surface area (Å²) in [5, 5.41) is 6.28. The lowest BCUT2D eigenvalue weighted by atomic mass is 10.2. The molecule has 0 saturated heterocycles. The van der Waals surface area contributed by atoms with Crippen LogP contribution < -0.4 is 15.4 Å². The molecule has 5 nitrogen and oxygen atoms in total. The van der Waals surface area contributed by atoms with Crippen molar-refractivity contribution < 1.29 is 4.74 Å². The van der Waals surface area contributed by atoms with E-state index >= 15 is 0 Å². The van der Waals surface area contributed by atoms with Crippen LogP contribution in [0.1, 0.15) is 19.3 Å². The molecule has 0 unspecified atom stereocenters. The van der Waals surface area contributed by atoms with E-state index in [0.29, 0.717) is 11.6 Å². The smallest absolute Gasteiger partial charge is 0.204 e. The monoisotopic (exact) mass is 270 g/mol. The second kappa shape index (κ2) is 8.85. The Labute approximate surface area is 113 Å². The molecule has 2 N–H and O–H groups in total. The molecule has 1 heterocycles. The van der Waals surface area contributed by atoms with E-state index in [1.54, 1.807) is 7.11 Å². The van der Waals surface area contributed by atoms with Crippen LogP contribution in [0.5, 0.6) is 5.75 Å². The van der Waals surface area contributed by atoms with Crippen molar-refractivity contribution in [2.45, 2.75) is 19.3 Å². The van der Waals surface area contributed by atoms with Gasteiger partial charge in [-0.05, 0) is 24.9 Å². The summed E-state index contributed by atoms with van der Waals surface area (Å²) in [4.78, 5) is 8.31. The van der Waals surface area contributed by atoms with Crippen molar-refractivity contribution in [3.05, 3.63) is 6.33 Å². The van der Waals surface area contributed by atoms with Crippen LogP contribution in [0.4, 0.5) is 11.6 Å². The van der Waals surface area contributed by atoms with Crippen LogP contribution >= 0.6 is 11.8 Å². The first-order valence-electron chi connectivity index (χ1n) is 6.13.